The van der Waals surface area contributed by atoms with E-state index in [0.29, 0.717) is 17.6 Å². The zero-order valence-corrected chi connectivity index (χ0v) is 18.0. The Morgan fingerprint density at radius 3 is 1.92 bits per heavy atom. The predicted molar refractivity (Wildman–Crippen MR) is 108 cm³/mol. The number of piperidine rings is 2. The highest BCUT2D eigenvalue weighted by Gasteiger charge is 2.44. The number of rotatable bonds is 3. The van der Waals surface area contributed by atoms with E-state index >= 15 is 0 Å². The molecule has 150 valence electrons. The summed E-state index contributed by atoms with van der Waals surface area (Å²) < 4.78 is 0. The predicted octanol–water partition coefficient (Wildman–Crippen LogP) is 3.65. The Hall–Kier alpha value is -0.610. The minimum absolute atomic E-state index is 0.117. The average molecular weight is 364 g/mol. The zero-order chi connectivity index (χ0) is 19.1. The third-order valence-electron chi connectivity index (χ3n) is 6.79. The number of amides is 1. The number of nitrogens with one attached hydrogen (secondary N) is 1. The van der Waals surface area contributed by atoms with Crippen LogP contribution in [0, 0.1) is 11.8 Å². The fourth-order valence-corrected chi connectivity index (χ4v) is 5.34. The van der Waals surface area contributed by atoms with Crippen LogP contribution in [0.25, 0.3) is 0 Å². The fraction of sp³-hybridized carbons (Fsp3) is 0.955. The number of hydrogen-bond acceptors (Lipinski definition) is 3. The minimum Gasteiger partial charge on any atom is -0.351 e. The van der Waals surface area contributed by atoms with Crippen LogP contribution in [0.15, 0.2) is 0 Å². The maximum Gasteiger partial charge on any atom is 0.223 e. The monoisotopic (exact) mass is 363 g/mol. The van der Waals surface area contributed by atoms with Gasteiger partial charge >= 0.3 is 0 Å². The van der Waals surface area contributed by atoms with Crippen LogP contribution in [0.1, 0.15) is 80.1 Å². The summed E-state index contributed by atoms with van der Waals surface area (Å²) in [5.74, 6) is 1.36. The second-order valence-corrected chi connectivity index (χ2v) is 11.1. The molecule has 0 aliphatic carbocycles. The van der Waals surface area contributed by atoms with Gasteiger partial charge in [-0.2, -0.15) is 0 Å². The summed E-state index contributed by atoms with van der Waals surface area (Å²) in [4.78, 5) is 18.1. The maximum atomic E-state index is 12.6. The molecule has 0 aromatic rings. The highest BCUT2D eigenvalue weighted by molar-refractivity contribution is 5.79. The molecule has 3 fully saturated rings. The fourth-order valence-electron chi connectivity index (χ4n) is 5.34. The van der Waals surface area contributed by atoms with E-state index in [2.05, 4.69) is 56.7 Å². The number of carbonyl (C=O) groups excluding carboxylic acids is 1. The number of carbonyl (C=O) groups is 1. The summed E-state index contributed by atoms with van der Waals surface area (Å²) in [5, 5.41) is 3.21. The molecule has 26 heavy (non-hydrogen) atoms. The number of fused-ring (bicyclic) bond motifs is 2. The molecular weight excluding hydrogens is 322 g/mol. The third-order valence-corrected chi connectivity index (χ3v) is 6.79. The molecule has 1 amide bonds. The van der Waals surface area contributed by atoms with Crippen molar-refractivity contribution in [2.75, 3.05) is 19.6 Å². The van der Waals surface area contributed by atoms with E-state index < -0.39 is 0 Å². The second-order valence-electron chi connectivity index (χ2n) is 11.1. The van der Waals surface area contributed by atoms with Gasteiger partial charge in [-0.25, -0.2) is 0 Å². The van der Waals surface area contributed by atoms with Gasteiger partial charge < -0.3 is 5.32 Å². The van der Waals surface area contributed by atoms with Crippen molar-refractivity contribution >= 4 is 5.91 Å². The lowest BCUT2D eigenvalue weighted by molar-refractivity contribution is -0.129. The van der Waals surface area contributed by atoms with Crippen LogP contribution in [-0.4, -0.2) is 58.5 Å². The molecule has 0 aromatic carbocycles. The number of hydrogen-bond donors (Lipinski definition) is 1. The van der Waals surface area contributed by atoms with E-state index in [1.807, 2.05) is 0 Å². The Kier molecular flexibility index (Phi) is 5.75. The molecule has 2 bridgehead atoms. The molecule has 0 aromatic heterocycles. The van der Waals surface area contributed by atoms with Crippen molar-refractivity contribution < 1.29 is 4.79 Å². The van der Waals surface area contributed by atoms with E-state index in [9.17, 15) is 4.79 Å². The van der Waals surface area contributed by atoms with Gasteiger partial charge in [-0.1, -0.05) is 0 Å². The first-order valence-electron chi connectivity index (χ1n) is 10.9. The molecule has 3 aliphatic heterocycles. The molecule has 2 unspecified atom stereocenters. The molecule has 3 rings (SSSR count). The Morgan fingerprint density at radius 2 is 1.46 bits per heavy atom. The smallest absolute Gasteiger partial charge is 0.223 e. The molecule has 0 saturated carbocycles. The van der Waals surface area contributed by atoms with Gasteiger partial charge in [-0.15, -0.1) is 0 Å². The van der Waals surface area contributed by atoms with E-state index in [1.54, 1.807) is 0 Å². The van der Waals surface area contributed by atoms with Gasteiger partial charge in [-0.3, -0.25) is 14.6 Å². The minimum atomic E-state index is -0.117. The largest absolute Gasteiger partial charge is 0.351 e. The maximum absolute atomic E-state index is 12.6. The normalized spacial score (nSPS) is 32.0. The van der Waals surface area contributed by atoms with Gasteiger partial charge in [0, 0.05) is 35.6 Å². The first-order chi connectivity index (χ1) is 12.0. The van der Waals surface area contributed by atoms with Gasteiger partial charge in [0.1, 0.15) is 0 Å². The summed E-state index contributed by atoms with van der Waals surface area (Å²) >= 11 is 0. The highest BCUT2D eigenvalue weighted by Crippen LogP contribution is 2.40. The third kappa shape index (κ3) is 4.81. The van der Waals surface area contributed by atoms with E-state index in [0.717, 1.165) is 18.8 Å². The van der Waals surface area contributed by atoms with Crippen molar-refractivity contribution in [2.45, 2.75) is 103 Å². The topological polar surface area (TPSA) is 35.6 Å². The summed E-state index contributed by atoms with van der Waals surface area (Å²) in [6, 6.07) is 1.29. The standard InChI is InChI=1S/C22H41N3O/c1-21(2,3)23-20(26)17-13-18-7-8-19(14-17)25(18)15-16-9-11-24(12-10-16)22(4,5)6/h16-19H,7-15H2,1-6H3,(H,23,26). The van der Waals surface area contributed by atoms with Crippen LogP contribution >= 0.6 is 0 Å². The van der Waals surface area contributed by atoms with Gasteiger partial charge in [0.2, 0.25) is 5.91 Å². The van der Waals surface area contributed by atoms with Crippen LogP contribution in [0.4, 0.5) is 0 Å². The van der Waals surface area contributed by atoms with Crippen LogP contribution in [0.5, 0.6) is 0 Å². The lowest BCUT2D eigenvalue weighted by Gasteiger charge is -2.44. The van der Waals surface area contributed by atoms with Crippen LogP contribution in [-0.2, 0) is 4.79 Å². The van der Waals surface area contributed by atoms with Crippen LogP contribution < -0.4 is 5.32 Å². The summed E-state index contributed by atoms with van der Waals surface area (Å²) in [7, 11) is 0. The highest BCUT2D eigenvalue weighted by atomic mass is 16.2. The molecule has 0 radical (unpaired) electrons. The number of nitrogens with zero attached hydrogens (tertiary/aromatic N) is 2. The summed E-state index contributed by atoms with van der Waals surface area (Å²) in [6.07, 6.45) is 7.40. The van der Waals surface area contributed by atoms with Gasteiger partial charge in [0.25, 0.3) is 0 Å². The molecule has 3 aliphatic rings. The van der Waals surface area contributed by atoms with Gasteiger partial charge in [0.15, 0.2) is 0 Å². The second kappa shape index (κ2) is 7.43. The first kappa shape index (κ1) is 20.1. The van der Waals surface area contributed by atoms with E-state index in [-0.39, 0.29) is 17.4 Å². The Morgan fingerprint density at radius 1 is 0.923 bits per heavy atom. The lowest BCUT2D eigenvalue weighted by atomic mass is 9.87. The average Bonchev–Trinajstić information content (AvgIpc) is 2.75. The quantitative estimate of drug-likeness (QED) is 0.831. The molecule has 4 nitrogen and oxygen atoms in total. The lowest BCUT2D eigenvalue weighted by Crippen LogP contribution is -2.52. The molecule has 1 N–H and O–H groups in total. The number of likely N-dealkylation sites (tertiary alicyclic amines) is 1. The molecular formula is C22H41N3O. The van der Waals surface area contributed by atoms with Crippen molar-refractivity contribution in [3.8, 4) is 0 Å². The molecule has 0 spiro atoms. The zero-order valence-electron chi connectivity index (χ0n) is 18.0. The van der Waals surface area contributed by atoms with Crippen molar-refractivity contribution in [1.29, 1.82) is 0 Å². The molecule has 4 heteroatoms. The van der Waals surface area contributed by atoms with Crippen molar-refractivity contribution in [1.82, 2.24) is 15.1 Å². The van der Waals surface area contributed by atoms with E-state index in [4.69, 9.17) is 0 Å². The van der Waals surface area contributed by atoms with E-state index in [1.165, 1.54) is 45.3 Å². The Balaban J connectivity index is 1.51. The Labute approximate surface area is 161 Å². The first-order valence-corrected chi connectivity index (χ1v) is 10.9. The Bertz CT molecular complexity index is 482. The summed E-state index contributed by atoms with van der Waals surface area (Å²) in [5.41, 5.74) is 0.192. The molecule has 3 saturated heterocycles. The molecule has 3 heterocycles. The van der Waals surface area contributed by atoms with Crippen LogP contribution in [0.2, 0.25) is 0 Å². The van der Waals surface area contributed by atoms with Crippen molar-refractivity contribution in [3.63, 3.8) is 0 Å². The van der Waals surface area contributed by atoms with Crippen LogP contribution in [0.3, 0.4) is 0 Å². The van der Waals surface area contributed by atoms with Gasteiger partial charge in [-0.05, 0) is 99.1 Å². The summed E-state index contributed by atoms with van der Waals surface area (Å²) in [6.45, 7) is 17.0. The molecule has 2 atom stereocenters. The van der Waals surface area contributed by atoms with Crippen molar-refractivity contribution in [3.05, 3.63) is 0 Å². The van der Waals surface area contributed by atoms with Gasteiger partial charge in [0.05, 0.1) is 0 Å². The SMILES string of the molecule is CC(C)(C)NC(=O)C1CC2CCC(C1)N2CC1CCN(C(C)(C)C)CC1. The van der Waals surface area contributed by atoms with Crippen molar-refractivity contribution in [2.24, 2.45) is 11.8 Å².